The van der Waals surface area contributed by atoms with Gasteiger partial charge in [-0.25, -0.2) is 4.79 Å². The smallest absolute Gasteiger partial charge is 0.358 e. The third-order valence-corrected chi connectivity index (χ3v) is 9.27. The van der Waals surface area contributed by atoms with Crippen LogP contribution < -0.4 is 16.0 Å². The number of carboxylic acid groups (broad SMARTS) is 1. The molecule has 296 valence electrons. The molecule has 0 aliphatic carbocycles. The van der Waals surface area contributed by atoms with Gasteiger partial charge in [0, 0.05) is 86.5 Å². The third-order valence-electron chi connectivity index (χ3n) is 9.27. The molecule has 2 saturated heterocycles. The highest BCUT2D eigenvalue weighted by Crippen LogP contribution is 2.29. The van der Waals surface area contributed by atoms with Gasteiger partial charge in [-0.2, -0.15) is 0 Å². The van der Waals surface area contributed by atoms with Crippen molar-refractivity contribution in [1.82, 2.24) is 31.2 Å². The number of hydrogen-bond donors (Lipinski definition) is 4. The largest absolute Gasteiger partial charge is 0.476 e. The van der Waals surface area contributed by atoms with Crippen LogP contribution in [0.15, 0.2) is 130 Å². The fourth-order valence-electron chi connectivity index (χ4n) is 5.88. The lowest BCUT2D eigenvalue weighted by Crippen LogP contribution is -2.48. The number of halogens is 1. The third kappa shape index (κ3) is 10.8. The van der Waals surface area contributed by atoms with Crippen molar-refractivity contribution >= 4 is 36.1 Å². The van der Waals surface area contributed by atoms with E-state index in [-0.39, 0.29) is 43.2 Å². The van der Waals surface area contributed by atoms with Gasteiger partial charge in [0.1, 0.15) is 0 Å². The number of carboxylic acids is 1. The summed E-state index contributed by atoms with van der Waals surface area (Å²) in [7, 11) is 3.13. The first-order valence-electron chi connectivity index (χ1n) is 17.7. The van der Waals surface area contributed by atoms with Crippen molar-refractivity contribution in [2.24, 2.45) is 0 Å². The summed E-state index contributed by atoms with van der Waals surface area (Å²) in [5, 5.41) is 24.4. The van der Waals surface area contributed by atoms with Gasteiger partial charge in [-0.05, 0) is 35.4 Å². The summed E-state index contributed by atoms with van der Waals surface area (Å²) in [4.78, 5) is 47.9. The number of nitrogens with one attached hydrogen (secondary N) is 3. The Morgan fingerprint density at radius 2 is 1.07 bits per heavy atom. The van der Waals surface area contributed by atoms with Crippen LogP contribution in [0.5, 0.6) is 0 Å². The summed E-state index contributed by atoms with van der Waals surface area (Å²) in [6, 6.07) is 37.4. The molecule has 0 radical (unpaired) electrons. The second-order valence-electron chi connectivity index (χ2n) is 12.9. The summed E-state index contributed by atoms with van der Waals surface area (Å²) in [6.07, 6.45) is 0. The van der Waals surface area contributed by atoms with Gasteiger partial charge in [0.05, 0.1) is 0 Å². The molecule has 2 aliphatic heterocycles. The molecule has 13 nitrogen and oxygen atoms in total. The molecule has 2 aromatic heterocycles. The van der Waals surface area contributed by atoms with E-state index in [4.69, 9.17) is 14.2 Å². The van der Waals surface area contributed by atoms with E-state index < -0.39 is 5.97 Å². The lowest BCUT2D eigenvalue weighted by molar-refractivity contribution is 0.0590. The predicted molar refractivity (Wildman–Crippen MR) is 219 cm³/mol. The Hall–Kier alpha value is -6.57. The molecule has 0 atom stereocenters. The van der Waals surface area contributed by atoms with E-state index in [1.165, 1.54) is 17.2 Å². The van der Waals surface area contributed by atoms with Crippen molar-refractivity contribution in [3.63, 3.8) is 0 Å². The summed E-state index contributed by atoms with van der Waals surface area (Å²) in [5.41, 5.74) is 5.36. The molecule has 0 unspecified atom stereocenters. The first-order valence-corrected chi connectivity index (χ1v) is 17.7. The SMILES string of the molecule is C.CNC(=O)c1ccc(-c2cc(C(=O)N3CC(c4ccccc4)C3)no2)cc1.CNC(=O)c1ccc(-c2cc(C(=O)O)no2)cc1.Cl.c1ccc(C2CNC2)cc1. The second kappa shape index (κ2) is 20.4. The van der Waals surface area contributed by atoms with Gasteiger partial charge in [0.2, 0.25) is 0 Å². The Labute approximate surface area is 336 Å². The van der Waals surface area contributed by atoms with Gasteiger partial charge >= 0.3 is 5.97 Å². The van der Waals surface area contributed by atoms with Crippen LogP contribution in [0.2, 0.25) is 0 Å². The number of amides is 3. The number of hydrogen-bond acceptors (Lipinski definition) is 9. The number of nitrogens with zero attached hydrogens (tertiary/aromatic N) is 3. The predicted octanol–water partition coefficient (Wildman–Crippen LogP) is 6.77. The number of benzene rings is 4. The van der Waals surface area contributed by atoms with Crippen LogP contribution in [0.1, 0.15) is 72.1 Å². The van der Waals surface area contributed by atoms with E-state index in [1.807, 2.05) is 18.2 Å². The molecule has 6 aromatic rings. The first kappa shape index (κ1) is 43.2. The highest BCUT2D eigenvalue weighted by molar-refractivity contribution is 5.96. The molecule has 2 aliphatic rings. The average molecular weight is 793 g/mol. The molecule has 0 saturated carbocycles. The number of carbonyl (C=O) groups is 4. The molecule has 4 aromatic carbocycles. The Balaban J connectivity index is 0.000000207. The zero-order chi connectivity index (χ0) is 38.7. The number of likely N-dealkylation sites (tertiary alicyclic amines) is 1. The summed E-state index contributed by atoms with van der Waals surface area (Å²) < 4.78 is 10.2. The van der Waals surface area contributed by atoms with Gasteiger partial charge in [0.15, 0.2) is 22.9 Å². The number of carbonyl (C=O) groups excluding carboxylic acids is 3. The average Bonchev–Trinajstić information content (AvgIpc) is 3.90. The molecule has 4 heterocycles. The highest BCUT2D eigenvalue weighted by Gasteiger charge is 2.33. The lowest BCUT2D eigenvalue weighted by Gasteiger charge is -2.39. The fourth-order valence-corrected chi connectivity index (χ4v) is 5.88. The van der Waals surface area contributed by atoms with Crippen molar-refractivity contribution in [2.45, 2.75) is 19.3 Å². The van der Waals surface area contributed by atoms with Crippen LogP contribution in [-0.2, 0) is 0 Å². The van der Waals surface area contributed by atoms with Crippen LogP contribution in [0.4, 0.5) is 0 Å². The number of aromatic carboxylic acids is 1. The topological polar surface area (TPSA) is 180 Å². The van der Waals surface area contributed by atoms with Crippen LogP contribution in [0, 0.1) is 0 Å². The van der Waals surface area contributed by atoms with Crippen molar-refractivity contribution in [3.05, 3.63) is 155 Å². The minimum Gasteiger partial charge on any atom is -0.476 e. The second-order valence-corrected chi connectivity index (χ2v) is 12.9. The van der Waals surface area contributed by atoms with Crippen molar-refractivity contribution < 1.29 is 33.3 Å². The maximum Gasteiger partial charge on any atom is 0.358 e. The van der Waals surface area contributed by atoms with Crippen molar-refractivity contribution in [3.8, 4) is 22.6 Å². The quantitative estimate of drug-likeness (QED) is 0.129. The molecule has 57 heavy (non-hydrogen) atoms. The molecular formula is C43H45ClN6O7. The molecular weight excluding hydrogens is 748 g/mol. The first-order chi connectivity index (χ1) is 26.7. The molecule has 0 spiro atoms. The van der Waals surface area contributed by atoms with Gasteiger partial charge in [0.25, 0.3) is 17.7 Å². The van der Waals surface area contributed by atoms with Crippen LogP contribution in [-0.4, -0.2) is 84.3 Å². The molecule has 14 heteroatoms. The molecule has 4 N–H and O–H groups in total. The van der Waals surface area contributed by atoms with Crippen LogP contribution >= 0.6 is 12.4 Å². The van der Waals surface area contributed by atoms with Gasteiger partial charge in [-0.1, -0.05) is 103 Å². The van der Waals surface area contributed by atoms with Gasteiger partial charge in [-0.3, -0.25) is 14.4 Å². The Morgan fingerprint density at radius 1 is 0.649 bits per heavy atom. The summed E-state index contributed by atoms with van der Waals surface area (Å²) in [5.74, 6) is 0.384. The van der Waals surface area contributed by atoms with E-state index >= 15 is 0 Å². The van der Waals surface area contributed by atoms with E-state index in [0.717, 1.165) is 24.6 Å². The maximum atomic E-state index is 12.6. The molecule has 2 fully saturated rings. The number of aromatic nitrogens is 2. The fraction of sp³-hybridized carbons (Fsp3) is 0.209. The lowest BCUT2D eigenvalue weighted by atomic mass is 9.91. The molecule has 8 rings (SSSR count). The zero-order valence-corrected chi connectivity index (χ0v) is 31.5. The zero-order valence-electron chi connectivity index (χ0n) is 30.7. The monoisotopic (exact) mass is 792 g/mol. The van der Waals surface area contributed by atoms with E-state index in [0.29, 0.717) is 52.9 Å². The van der Waals surface area contributed by atoms with E-state index in [1.54, 1.807) is 73.6 Å². The molecule has 0 bridgehead atoms. The summed E-state index contributed by atoms with van der Waals surface area (Å²) >= 11 is 0. The Morgan fingerprint density at radius 3 is 1.46 bits per heavy atom. The minimum atomic E-state index is -1.15. The number of rotatable bonds is 8. The van der Waals surface area contributed by atoms with Crippen LogP contribution in [0.25, 0.3) is 22.6 Å². The molecule has 3 amide bonds. The van der Waals surface area contributed by atoms with Gasteiger partial charge < -0.3 is 35.0 Å². The highest BCUT2D eigenvalue weighted by atomic mass is 35.5. The van der Waals surface area contributed by atoms with Crippen LogP contribution in [0.3, 0.4) is 0 Å². The van der Waals surface area contributed by atoms with Crippen molar-refractivity contribution in [2.75, 3.05) is 40.3 Å². The van der Waals surface area contributed by atoms with E-state index in [2.05, 4.69) is 68.7 Å². The summed E-state index contributed by atoms with van der Waals surface area (Å²) in [6.45, 7) is 3.69. The minimum absolute atomic E-state index is 0. The normalized spacial score (nSPS) is 13.0. The van der Waals surface area contributed by atoms with Crippen molar-refractivity contribution in [1.29, 1.82) is 0 Å². The standard InChI is InChI=1S/C21H19N3O3.C12H10N2O4.C9H11N.CH4.ClH/c1-22-20(25)16-9-7-15(8-10-16)19-11-18(23-27-19)21(26)24-12-17(13-24)14-5-3-2-4-6-14;1-13-11(15)8-4-2-7(3-5-8)10-6-9(12(16)17)14-18-10;1-2-4-8(5-3-1)9-6-10-7-9;;/h2-11,17H,12-13H2,1H3,(H,22,25);2-6H,1H3,(H,13,15)(H,16,17);1-5,9-10H,6-7H2;1H4;1H. The van der Waals surface area contributed by atoms with Gasteiger partial charge in [-0.15, -0.1) is 12.4 Å². The Bertz CT molecular complexity index is 2220. The van der Waals surface area contributed by atoms with E-state index in [9.17, 15) is 19.2 Å². The maximum absolute atomic E-state index is 12.6. The Kier molecular flexibility index (Phi) is 15.4.